The molecule has 0 amide bonds. The lowest BCUT2D eigenvalue weighted by molar-refractivity contribution is 0.0524. The molecule has 1 aromatic heterocycles. The summed E-state index contributed by atoms with van der Waals surface area (Å²) < 4.78 is 19.6. The van der Waals surface area contributed by atoms with Gasteiger partial charge in [-0.3, -0.25) is 0 Å². The molecule has 0 saturated heterocycles. The topological polar surface area (TPSA) is 49.7 Å². The SMILES string of the molecule is CCOC(=O)c1c(OCC)n([Si](C)(C)C)c2ccc(O[Si](C)(C)C)cc12. The van der Waals surface area contributed by atoms with E-state index in [1.807, 2.05) is 32.0 Å². The summed E-state index contributed by atoms with van der Waals surface area (Å²) in [5.41, 5.74) is 1.51. The number of hydrogen-bond donors (Lipinski definition) is 0. The molecular formula is C19H31NO4Si2. The normalized spacial score (nSPS) is 12.3. The first kappa shape index (κ1) is 20.6. The number of rotatable bonds is 7. The molecule has 0 aliphatic rings. The highest BCUT2D eigenvalue weighted by Gasteiger charge is 2.31. The number of ether oxygens (including phenoxy) is 2. The van der Waals surface area contributed by atoms with Gasteiger partial charge in [-0.15, -0.1) is 0 Å². The predicted molar refractivity (Wildman–Crippen MR) is 112 cm³/mol. The number of esters is 1. The van der Waals surface area contributed by atoms with Gasteiger partial charge < -0.3 is 18.1 Å². The van der Waals surface area contributed by atoms with Gasteiger partial charge >= 0.3 is 5.97 Å². The largest absolute Gasteiger partial charge is 0.544 e. The lowest BCUT2D eigenvalue weighted by atomic mass is 10.1. The third-order valence-corrected chi connectivity index (χ3v) is 6.38. The molecule has 0 atom stereocenters. The molecule has 144 valence electrons. The standard InChI is InChI=1S/C19H31NO4Si2/c1-9-22-18-17(19(21)23-10-2)15-13-14(24-26(6,7)8)11-12-16(15)20(18)25(3,4)5/h11-13H,9-10H2,1-8H3. The molecule has 5 nitrogen and oxygen atoms in total. The molecule has 26 heavy (non-hydrogen) atoms. The van der Waals surface area contributed by atoms with Gasteiger partial charge in [0.25, 0.3) is 0 Å². The number of aromatic nitrogens is 1. The van der Waals surface area contributed by atoms with Crippen LogP contribution in [0.5, 0.6) is 11.6 Å². The minimum Gasteiger partial charge on any atom is -0.544 e. The first-order valence-electron chi connectivity index (χ1n) is 9.17. The van der Waals surface area contributed by atoms with Crippen LogP contribution in [0.15, 0.2) is 18.2 Å². The van der Waals surface area contributed by atoms with Gasteiger partial charge in [0.1, 0.15) is 11.3 Å². The van der Waals surface area contributed by atoms with Gasteiger partial charge in [0, 0.05) is 10.9 Å². The first-order valence-corrected chi connectivity index (χ1v) is 16.0. The average Bonchev–Trinajstić information content (AvgIpc) is 2.79. The van der Waals surface area contributed by atoms with Crippen molar-refractivity contribution in [1.29, 1.82) is 0 Å². The second-order valence-corrected chi connectivity index (χ2v) is 17.5. The summed E-state index contributed by atoms with van der Waals surface area (Å²) in [4.78, 5) is 12.8. The summed E-state index contributed by atoms with van der Waals surface area (Å²) in [5, 5.41) is 0.838. The maximum atomic E-state index is 12.8. The van der Waals surface area contributed by atoms with Crippen molar-refractivity contribution in [2.45, 2.75) is 53.1 Å². The van der Waals surface area contributed by atoms with Gasteiger partial charge in [-0.25, -0.2) is 4.79 Å². The van der Waals surface area contributed by atoms with Crippen LogP contribution in [0, 0.1) is 0 Å². The number of nitrogens with zero attached hydrogens (tertiary/aromatic N) is 1. The van der Waals surface area contributed by atoms with Crippen LogP contribution in [0.25, 0.3) is 10.9 Å². The number of fused-ring (bicyclic) bond motifs is 1. The van der Waals surface area contributed by atoms with Crippen LogP contribution in [0.3, 0.4) is 0 Å². The Labute approximate surface area is 158 Å². The van der Waals surface area contributed by atoms with Crippen LogP contribution in [0.4, 0.5) is 0 Å². The summed E-state index contributed by atoms with van der Waals surface area (Å²) in [6, 6.07) is 5.98. The van der Waals surface area contributed by atoms with E-state index in [9.17, 15) is 4.79 Å². The Balaban J connectivity index is 2.81. The Morgan fingerprint density at radius 2 is 1.69 bits per heavy atom. The Bertz CT molecular complexity index is 800. The van der Waals surface area contributed by atoms with Gasteiger partial charge in [-0.2, -0.15) is 0 Å². The second-order valence-electron chi connectivity index (χ2n) is 8.23. The van der Waals surface area contributed by atoms with Crippen LogP contribution in [-0.2, 0) is 4.74 Å². The van der Waals surface area contributed by atoms with E-state index in [1.165, 1.54) is 0 Å². The molecule has 0 aliphatic heterocycles. The molecule has 0 radical (unpaired) electrons. The Hall–Kier alpha value is -1.74. The minimum absolute atomic E-state index is 0.328. The van der Waals surface area contributed by atoms with Crippen molar-refractivity contribution in [2.24, 2.45) is 0 Å². The number of hydrogen-bond acceptors (Lipinski definition) is 4. The summed E-state index contributed by atoms with van der Waals surface area (Å²) in [6.45, 7) is 17.7. The highest BCUT2D eigenvalue weighted by atomic mass is 28.4. The highest BCUT2D eigenvalue weighted by Crippen LogP contribution is 2.38. The zero-order valence-corrected chi connectivity index (χ0v) is 19.2. The van der Waals surface area contributed by atoms with Crippen molar-refractivity contribution in [1.82, 2.24) is 4.23 Å². The number of carbonyl (C=O) groups excluding carboxylic acids is 1. The quantitative estimate of drug-likeness (QED) is 0.484. The summed E-state index contributed by atoms with van der Waals surface area (Å²) >= 11 is 0. The van der Waals surface area contributed by atoms with Gasteiger partial charge in [-0.05, 0) is 51.7 Å². The van der Waals surface area contributed by atoms with Crippen molar-refractivity contribution in [3.05, 3.63) is 23.8 Å². The van der Waals surface area contributed by atoms with E-state index in [-0.39, 0.29) is 5.97 Å². The van der Waals surface area contributed by atoms with E-state index in [0.29, 0.717) is 24.7 Å². The smallest absolute Gasteiger partial charge is 0.344 e. The summed E-state index contributed by atoms with van der Waals surface area (Å²) in [7, 11) is -3.59. The molecule has 0 aliphatic carbocycles. The van der Waals surface area contributed by atoms with Crippen molar-refractivity contribution in [2.75, 3.05) is 13.2 Å². The molecule has 0 bridgehead atoms. The monoisotopic (exact) mass is 393 g/mol. The van der Waals surface area contributed by atoms with E-state index in [1.54, 1.807) is 0 Å². The van der Waals surface area contributed by atoms with Gasteiger partial charge in [0.15, 0.2) is 8.24 Å². The molecule has 7 heteroatoms. The zero-order valence-electron chi connectivity index (χ0n) is 17.2. The van der Waals surface area contributed by atoms with E-state index in [0.717, 1.165) is 16.7 Å². The molecule has 2 aromatic rings. The van der Waals surface area contributed by atoms with Crippen LogP contribution in [0.2, 0.25) is 39.3 Å². The van der Waals surface area contributed by atoms with Gasteiger partial charge in [-0.1, -0.05) is 19.6 Å². The second kappa shape index (κ2) is 7.48. The van der Waals surface area contributed by atoms with Crippen LogP contribution >= 0.6 is 0 Å². The van der Waals surface area contributed by atoms with Gasteiger partial charge in [0.2, 0.25) is 14.2 Å². The van der Waals surface area contributed by atoms with Crippen molar-refractivity contribution in [3.63, 3.8) is 0 Å². The van der Waals surface area contributed by atoms with Crippen molar-refractivity contribution >= 4 is 33.4 Å². The fourth-order valence-electron chi connectivity index (χ4n) is 3.00. The molecule has 1 aromatic carbocycles. The highest BCUT2D eigenvalue weighted by molar-refractivity contribution is 6.75. The summed E-state index contributed by atoms with van der Waals surface area (Å²) in [6.07, 6.45) is 0. The Morgan fingerprint density at radius 3 is 2.19 bits per heavy atom. The van der Waals surface area contributed by atoms with Crippen LogP contribution in [-0.4, -0.2) is 40.0 Å². The zero-order chi connectivity index (χ0) is 19.7. The minimum atomic E-state index is -1.84. The predicted octanol–water partition coefficient (Wildman–Crippen LogP) is 5.11. The molecule has 0 N–H and O–H groups in total. The lowest BCUT2D eigenvalue weighted by Crippen LogP contribution is -2.32. The maximum Gasteiger partial charge on any atom is 0.344 e. The molecular weight excluding hydrogens is 362 g/mol. The van der Waals surface area contributed by atoms with E-state index >= 15 is 0 Å². The maximum absolute atomic E-state index is 12.8. The third-order valence-electron chi connectivity index (χ3n) is 3.75. The fourth-order valence-corrected chi connectivity index (χ4v) is 5.54. The Morgan fingerprint density at radius 1 is 1.04 bits per heavy atom. The summed E-state index contributed by atoms with van der Waals surface area (Å²) in [5.74, 6) is 1.06. The fraction of sp³-hybridized carbons (Fsp3) is 0.526. The van der Waals surface area contributed by atoms with Crippen molar-refractivity contribution < 1.29 is 18.7 Å². The van der Waals surface area contributed by atoms with E-state index in [4.69, 9.17) is 13.9 Å². The third kappa shape index (κ3) is 4.32. The number of benzene rings is 1. The molecule has 0 saturated carbocycles. The molecule has 2 rings (SSSR count). The van der Waals surface area contributed by atoms with E-state index < -0.39 is 16.6 Å². The molecule has 0 unspecified atom stereocenters. The van der Waals surface area contributed by atoms with Crippen LogP contribution < -0.4 is 9.16 Å². The molecule has 0 spiro atoms. The first-order chi connectivity index (χ1) is 12.0. The average molecular weight is 394 g/mol. The van der Waals surface area contributed by atoms with Crippen molar-refractivity contribution in [3.8, 4) is 11.6 Å². The molecule has 1 heterocycles. The van der Waals surface area contributed by atoms with Gasteiger partial charge in [0.05, 0.1) is 13.2 Å². The Kier molecular flexibility index (Phi) is 5.92. The molecule has 0 fully saturated rings. The lowest BCUT2D eigenvalue weighted by Gasteiger charge is -2.23. The van der Waals surface area contributed by atoms with Crippen LogP contribution in [0.1, 0.15) is 24.2 Å². The number of carbonyl (C=O) groups is 1. The van der Waals surface area contributed by atoms with E-state index in [2.05, 4.69) is 43.5 Å².